The van der Waals surface area contributed by atoms with Crippen LogP contribution in [0.4, 0.5) is 0 Å². The summed E-state index contributed by atoms with van der Waals surface area (Å²) in [4.78, 5) is 7.90. The highest BCUT2D eigenvalue weighted by molar-refractivity contribution is 9.10. The zero-order valence-electron chi connectivity index (χ0n) is 6.62. The molecule has 66 valence electrons. The van der Waals surface area contributed by atoms with Crippen LogP contribution in [0.1, 0.15) is 5.69 Å². The number of halogens is 1. The molecule has 0 atom stereocenters. The lowest BCUT2D eigenvalue weighted by Gasteiger charge is -2.02. The summed E-state index contributed by atoms with van der Waals surface area (Å²) in [5.41, 5.74) is 0.818. The van der Waals surface area contributed by atoms with Gasteiger partial charge in [0.25, 0.3) is 0 Å². The van der Waals surface area contributed by atoms with E-state index in [-0.39, 0.29) is 13.2 Å². The zero-order chi connectivity index (χ0) is 8.97. The van der Waals surface area contributed by atoms with Crippen molar-refractivity contribution in [3.63, 3.8) is 0 Å². The maximum absolute atomic E-state index is 8.46. The molecule has 1 heterocycles. The first-order valence-electron chi connectivity index (χ1n) is 3.47. The van der Waals surface area contributed by atoms with Crippen molar-refractivity contribution in [2.24, 2.45) is 0 Å². The van der Waals surface area contributed by atoms with Crippen LogP contribution in [-0.2, 0) is 0 Å². The average Bonchev–Trinajstić information content (AvgIpc) is 2.07. The molecule has 0 saturated heterocycles. The van der Waals surface area contributed by atoms with E-state index < -0.39 is 0 Å². The Morgan fingerprint density at radius 2 is 2.42 bits per heavy atom. The van der Waals surface area contributed by atoms with E-state index in [2.05, 4.69) is 25.9 Å². The Morgan fingerprint density at radius 1 is 1.67 bits per heavy atom. The first-order chi connectivity index (χ1) is 5.74. The molecule has 0 bridgehead atoms. The Morgan fingerprint density at radius 3 is 3.00 bits per heavy atom. The Kier molecular flexibility index (Phi) is 3.43. The quantitative estimate of drug-likeness (QED) is 0.843. The molecule has 0 amide bonds. The van der Waals surface area contributed by atoms with Crippen molar-refractivity contribution in [1.82, 2.24) is 9.97 Å². The number of hydrogen-bond donors (Lipinski definition) is 1. The van der Waals surface area contributed by atoms with Gasteiger partial charge in [0, 0.05) is 6.20 Å². The maximum atomic E-state index is 8.46. The summed E-state index contributed by atoms with van der Waals surface area (Å²) in [6, 6.07) is 0.296. The normalized spacial score (nSPS) is 9.92. The van der Waals surface area contributed by atoms with Crippen LogP contribution >= 0.6 is 15.9 Å². The second-order valence-corrected chi connectivity index (χ2v) is 3.01. The molecular weight excluding hydrogens is 224 g/mol. The van der Waals surface area contributed by atoms with Gasteiger partial charge in [-0.05, 0) is 22.9 Å². The van der Waals surface area contributed by atoms with Gasteiger partial charge in [-0.25, -0.2) is 4.98 Å². The van der Waals surface area contributed by atoms with Crippen molar-refractivity contribution in [1.29, 1.82) is 0 Å². The summed E-state index contributed by atoms with van der Waals surface area (Å²) in [6.45, 7) is 2.04. The van der Waals surface area contributed by atoms with Gasteiger partial charge in [0.05, 0.1) is 16.8 Å². The summed E-state index contributed by atoms with van der Waals surface area (Å²) < 4.78 is 5.84. The van der Waals surface area contributed by atoms with Crippen molar-refractivity contribution in [2.75, 3.05) is 13.2 Å². The molecule has 0 aromatic carbocycles. The Labute approximate surface area is 78.7 Å². The van der Waals surface area contributed by atoms with Gasteiger partial charge in [0.15, 0.2) is 0 Å². The van der Waals surface area contributed by atoms with Gasteiger partial charge in [-0.3, -0.25) is 0 Å². The van der Waals surface area contributed by atoms with Gasteiger partial charge in [-0.2, -0.15) is 4.98 Å². The minimum atomic E-state index is -0.0293. The summed E-state index contributed by atoms with van der Waals surface area (Å²) in [5.74, 6) is 0. The standard InChI is InChI=1S/C7H9BrN2O2/c1-5-6(8)4-9-7(10-5)12-3-2-11/h4,11H,2-3H2,1H3. The smallest absolute Gasteiger partial charge is 0.316 e. The largest absolute Gasteiger partial charge is 0.461 e. The molecule has 0 aliphatic rings. The molecule has 0 unspecified atom stereocenters. The molecule has 0 fully saturated rings. The first-order valence-corrected chi connectivity index (χ1v) is 4.26. The Balaban J connectivity index is 2.69. The molecule has 4 nitrogen and oxygen atoms in total. The number of hydrogen-bond acceptors (Lipinski definition) is 4. The topological polar surface area (TPSA) is 55.2 Å². The van der Waals surface area contributed by atoms with E-state index in [1.54, 1.807) is 6.20 Å². The molecule has 12 heavy (non-hydrogen) atoms. The number of ether oxygens (including phenoxy) is 1. The van der Waals surface area contributed by atoms with E-state index in [0.29, 0.717) is 6.01 Å². The van der Waals surface area contributed by atoms with Gasteiger partial charge in [-0.15, -0.1) is 0 Å². The summed E-state index contributed by atoms with van der Waals surface area (Å²) in [7, 11) is 0. The molecule has 1 rings (SSSR count). The predicted octanol–water partition coefficient (Wildman–Crippen LogP) is 0.919. The van der Waals surface area contributed by atoms with Gasteiger partial charge >= 0.3 is 6.01 Å². The molecule has 1 aromatic rings. The van der Waals surface area contributed by atoms with Crippen LogP contribution in [0.15, 0.2) is 10.7 Å². The third kappa shape index (κ3) is 2.42. The van der Waals surface area contributed by atoms with Gasteiger partial charge < -0.3 is 9.84 Å². The first kappa shape index (κ1) is 9.41. The third-order valence-corrected chi connectivity index (χ3v) is 2.00. The number of aliphatic hydroxyl groups is 1. The average molecular weight is 233 g/mol. The van der Waals surface area contributed by atoms with Gasteiger partial charge in [0.1, 0.15) is 6.61 Å². The van der Waals surface area contributed by atoms with Crippen molar-refractivity contribution in [3.05, 3.63) is 16.4 Å². The molecule has 0 spiro atoms. The molecule has 5 heteroatoms. The fourth-order valence-corrected chi connectivity index (χ4v) is 0.829. The van der Waals surface area contributed by atoms with Crippen molar-refractivity contribution in [2.45, 2.75) is 6.92 Å². The molecule has 0 saturated carbocycles. The van der Waals surface area contributed by atoms with Crippen molar-refractivity contribution in [3.8, 4) is 6.01 Å². The van der Waals surface area contributed by atoms with E-state index in [1.807, 2.05) is 6.92 Å². The second-order valence-electron chi connectivity index (χ2n) is 2.16. The zero-order valence-corrected chi connectivity index (χ0v) is 8.21. The Hall–Kier alpha value is -0.680. The number of nitrogens with zero attached hydrogens (tertiary/aromatic N) is 2. The van der Waals surface area contributed by atoms with Crippen LogP contribution in [0.5, 0.6) is 6.01 Å². The SMILES string of the molecule is Cc1nc(OCCO)ncc1Br. The predicted molar refractivity (Wildman–Crippen MR) is 47.0 cm³/mol. The van der Waals surface area contributed by atoms with Crippen LogP contribution in [-0.4, -0.2) is 28.3 Å². The summed E-state index contributed by atoms with van der Waals surface area (Å²) >= 11 is 3.27. The van der Waals surface area contributed by atoms with Crippen LogP contribution < -0.4 is 4.74 Å². The number of aliphatic hydroxyl groups excluding tert-OH is 1. The molecule has 0 aliphatic heterocycles. The number of rotatable bonds is 3. The summed E-state index contributed by atoms with van der Waals surface area (Å²) in [5, 5.41) is 8.46. The van der Waals surface area contributed by atoms with Crippen LogP contribution in [0.25, 0.3) is 0 Å². The molecule has 1 aromatic heterocycles. The molecule has 0 aliphatic carbocycles. The lowest BCUT2D eigenvalue weighted by Crippen LogP contribution is -2.05. The van der Waals surface area contributed by atoms with Crippen LogP contribution in [0.2, 0.25) is 0 Å². The van der Waals surface area contributed by atoms with E-state index in [1.165, 1.54) is 0 Å². The van der Waals surface area contributed by atoms with E-state index in [0.717, 1.165) is 10.2 Å². The van der Waals surface area contributed by atoms with Crippen molar-refractivity contribution >= 4 is 15.9 Å². The minimum absolute atomic E-state index is 0.0293. The summed E-state index contributed by atoms with van der Waals surface area (Å²) in [6.07, 6.45) is 1.62. The number of aryl methyl sites for hydroxylation is 1. The lowest BCUT2D eigenvalue weighted by atomic mass is 10.5. The Bertz CT molecular complexity index is 268. The minimum Gasteiger partial charge on any atom is -0.461 e. The van der Waals surface area contributed by atoms with E-state index in [4.69, 9.17) is 9.84 Å². The molecule has 1 N–H and O–H groups in total. The highest BCUT2D eigenvalue weighted by Gasteiger charge is 2.00. The van der Waals surface area contributed by atoms with Crippen molar-refractivity contribution < 1.29 is 9.84 Å². The second kappa shape index (κ2) is 4.37. The van der Waals surface area contributed by atoms with Gasteiger partial charge in [0.2, 0.25) is 0 Å². The third-order valence-electron chi connectivity index (χ3n) is 1.22. The van der Waals surface area contributed by atoms with E-state index >= 15 is 0 Å². The fraction of sp³-hybridized carbons (Fsp3) is 0.429. The van der Waals surface area contributed by atoms with E-state index in [9.17, 15) is 0 Å². The molecule has 0 radical (unpaired) electrons. The van der Waals surface area contributed by atoms with Crippen LogP contribution in [0.3, 0.4) is 0 Å². The molecular formula is C7H9BrN2O2. The monoisotopic (exact) mass is 232 g/mol. The lowest BCUT2D eigenvalue weighted by molar-refractivity contribution is 0.191. The van der Waals surface area contributed by atoms with Gasteiger partial charge in [-0.1, -0.05) is 0 Å². The fourth-order valence-electron chi connectivity index (χ4n) is 0.638. The highest BCUT2D eigenvalue weighted by Crippen LogP contribution is 2.14. The maximum Gasteiger partial charge on any atom is 0.316 e. The number of aromatic nitrogens is 2. The van der Waals surface area contributed by atoms with Crippen LogP contribution in [0, 0.1) is 6.92 Å². The highest BCUT2D eigenvalue weighted by atomic mass is 79.9.